The van der Waals surface area contributed by atoms with Gasteiger partial charge >= 0.3 is 0 Å². The molecule has 0 aliphatic heterocycles. The Morgan fingerprint density at radius 2 is 2.00 bits per heavy atom. The van der Waals surface area contributed by atoms with E-state index in [0.717, 1.165) is 22.6 Å². The number of hydrogen-bond acceptors (Lipinski definition) is 3. The Morgan fingerprint density at radius 3 is 2.62 bits per heavy atom. The Morgan fingerprint density at radius 1 is 1.24 bits per heavy atom. The van der Waals surface area contributed by atoms with Crippen molar-refractivity contribution in [2.24, 2.45) is 0 Å². The number of pyridine rings is 1. The molecule has 0 unspecified atom stereocenters. The van der Waals surface area contributed by atoms with Crippen molar-refractivity contribution in [1.82, 2.24) is 9.88 Å². The first-order valence-corrected chi connectivity index (χ1v) is 6.97. The van der Waals surface area contributed by atoms with Crippen molar-refractivity contribution >= 4 is 11.6 Å². The third-order valence-electron chi connectivity index (χ3n) is 3.43. The first-order chi connectivity index (χ1) is 10.0. The summed E-state index contributed by atoms with van der Waals surface area (Å²) in [5.41, 5.74) is 4.65. The van der Waals surface area contributed by atoms with Crippen molar-refractivity contribution in [1.29, 1.82) is 0 Å². The van der Waals surface area contributed by atoms with Gasteiger partial charge in [0.15, 0.2) is 0 Å². The number of aromatic nitrogens is 1. The Bertz CT molecular complexity index is 652. The lowest BCUT2D eigenvalue weighted by atomic mass is 10.1. The van der Waals surface area contributed by atoms with E-state index in [9.17, 15) is 4.79 Å². The molecule has 21 heavy (non-hydrogen) atoms. The fourth-order valence-electron chi connectivity index (χ4n) is 2.30. The number of nitrogens with one attached hydrogen (secondary N) is 1. The molecule has 2 aromatic rings. The summed E-state index contributed by atoms with van der Waals surface area (Å²) in [6, 6.07) is 11.5. The number of aryl methyl sites for hydroxylation is 2. The van der Waals surface area contributed by atoms with E-state index in [1.807, 2.05) is 57.3 Å². The van der Waals surface area contributed by atoms with E-state index < -0.39 is 0 Å². The molecule has 0 fully saturated rings. The summed E-state index contributed by atoms with van der Waals surface area (Å²) in [5, 5.41) is 3.10. The Balaban J connectivity index is 2.14. The molecule has 1 N–H and O–H groups in total. The number of benzene rings is 1. The second kappa shape index (κ2) is 6.39. The van der Waals surface area contributed by atoms with Crippen LogP contribution in [0.25, 0.3) is 0 Å². The van der Waals surface area contributed by atoms with Crippen molar-refractivity contribution < 1.29 is 4.79 Å². The van der Waals surface area contributed by atoms with Gasteiger partial charge in [-0.3, -0.25) is 9.78 Å². The van der Waals surface area contributed by atoms with Gasteiger partial charge in [-0.1, -0.05) is 6.07 Å². The third kappa shape index (κ3) is 3.60. The van der Waals surface area contributed by atoms with Crippen LogP contribution in [0.3, 0.4) is 0 Å². The van der Waals surface area contributed by atoms with Crippen molar-refractivity contribution in [2.45, 2.75) is 20.4 Å². The van der Waals surface area contributed by atoms with Crippen molar-refractivity contribution in [2.75, 3.05) is 19.4 Å². The van der Waals surface area contributed by atoms with E-state index in [4.69, 9.17) is 0 Å². The normalized spacial score (nSPS) is 10.3. The molecule has 4 heteroatoms. The Hall–Kier alpha value is -2.36. The van der Waals surface area contributed by atoms with Gasteiger partial charge in [-0.2, -0.15) is 0 Å². The zero-order valence-electron chi connectivity index (χ0n) is 13.0. The summed E-state index contributed by atoms with van der Waals surface area (Å²) in [6.45, 7) is 4.45. The largest absolute Gasteiger partial charge is 0.388 e. The van der Waals surface area contributed by atoms with Gasteiger partial charge in [0.2, 0.25) is 0 Å². The summed E-state index contributed by atoms with van der Waals surface area (Å²) in [7, 11) is 3.67. The number of anilines is 1. The van der Waals surface area contributed by atoms with Crippen LogP contribution in [0.4, 0.5) is 5.69 Å². The average molecular weight is 283 g/mol. The highest BCUT2D eigenvalue weighted by molar-refractivity contribution is 5.94. The SMILES string of the molecule is CNc1ccc(C(=O)N(C)Cc2cccc(C)n2)cc1C. The molecular weight excluding hydrogens is 262 g/mol. The van der Waals surface area contributed by atoms with Gasteiger partial charge in [-0.05, 0) is 49.7 Å². The van der Waals surface area contributed by atoms with Gasteiger partial charge in [0, 0.05) is 31.0 Å². The lowest BCUT2D eigenvalue weighted by Crippen LogP contribution is -2.26. The predicted octanol–water partition coefficient (Wildman–Crippen LogP) is 3.01. The van der Waals surface area contributed by atoms with Crippen LogP contribution in [-0.2, 0) is 6.54 Å². The van der Waals surface area contributed by atoms with Crippen LogP contribution in [0.2, 0.25) is 0 Å². The van der Waals surface area contributed by atoms with E-state index in [0.29, 0.717) is 12.1 Å². The molecule has 0 aliphatic rings. The fraction of sp³-hybridized carbons (Fsp3) is 0.294. The second-order valence-electron chi connectivity index (χ2n) is 5.21. The second-order valence-corrected chi connectivity index (χ2v) is 5.21. The first kappa shape index (κ1) is 15.0. The molecule has 1 aromatic heterocycles. The first-order valence-electron chi connectivity index (χ1n) is 6.97. The van der Waals surface area contributed by atoms with Crippen LogP contribution >= 0.6 is 0 Å². The number of amides is 1. The van der Waals surface area contributed by atoms with Crippen LogP contribution in [-0.4, -0.2) is 29.9 Å². The molecule has 0 spiro atoms. The van der Waals surface area contributed by atoms with Crippen molar-refractivity contribution in [3.63, 3.8) is 0 Å². The van der Waals surface area contributed by atoms with Crippen molar-refractivity contribution in [3.8, 4) is 0 Å². The molecule has 0 radical (unpaired) electrons. The Labute approximate surface area is 125 Å². The topological polar surface area (TPSA) is 45.2 Å². The maximum Gasteiger partial charge on any atom is 0.253 e. The number of rotatable bonds is 4. The number of nitrogens with zero attached hydrogens (tertiary/aromatic N) is 2. The minimum atomic E-state index is 0.00376. The zero-order chi connectivity index (χ0) is 15.4. The zero-order valence-corrected chi connectivity index (χ0v) is 13.0. The van der Waals surface area contributed by atoms with Gasteiger partial charge in [-0.15, -0.1) is 0 Å². The fourth-order valence-corrected chi connectivity index (χ4v) is 2.30. The van der Waals surface area contributed by atoms with E-state index in [1.54, 1.807) is 11.9 Å². The summed E-state index contributed by atoms with van der Waals surface area (Å²) >= 11 is 0. The molecule has 1 amide bonds. The lowest BCUT2D eigenvalue weighted by molar-refractivity contribution is 0.0783. The predicted molar refractivity (Wildman–Crippen MR) is 85.5 cm³/mol. The monoisotopic (exact) mass is 283 g/mol. The highest BCUT2D eigenvalue weighted by Gasteiger charge is 2.13. The quantitative estimate of drug-likeness (QED) is 0.938. The summed E-state index contributed by atoms with van der Waals surface area (Å²) < 4.78 is 0. The summed E-state index contributed by atoms with van der Waals surface area (Å²) in [4.78, 5) is 18.6. The minimum absolute atomic E-state index is 0.00376. The molecular formula is C17H21N3O. The average Bonchev–Trinajstić information content (AvgIpc) is 2.46. The van der Waals surface area contributed by atoms with Gasteiger partial charge in [0.25, 0.3) is 5.91 Å². The number of hydrogen-bond donors (Lipinski definition) is 1. The summed E-state index contributed by atoms with van der Waals surface area (Å²) in [5.74, 6) is 0.00376. The molecule has 2 rings (SSSR count). The van der Waals surface area contributed by atoms with Crippen LogP contribution in [0.15, 0.2) is 36.4 Å². The highest BCUT2D eigenvalue weighted by atomic mass is 16.2. The van der Waals surface area contributed by atoms with Crippen LogP contribution in [0.5, 0.6) is 0 Å². The molecule has 110 valence electrons. The molecule has 4 nitrogen and oxygen atoms in total. The van der Waals surface area contributed by atoms with Gasteiger partial charge in [0.1, 0.15) is 0 Å². The molecule has 1 heterocycles. The maximum atomic E-state index is 12.5. The molecule has 0 bridgehead atoms. The molecule has 0 atom stereocenters. The van der Waals surface area contributed by atoms with Crippen molar-refractivity contribution in [3.05, 3.63) is 58.9 Å². The van der Waals surface area contributed by atoms with E-state index in [1.165, 1.54) is 0 Å². The molecule has 0 saturated carbocycles. The summed E-state index contributed by atoms with van der Waals surface area (Å²) in [6.07, 6.45) is 0. The number of carbonyl (C=O) groups excluding carboxylic acids is 1. The van der Waals surface area contributed by atoms with Crippen LogP contribution in [0, 0.1) is 13.8 Å². The van der Waals surface area contributed by atoms with Gasteiger partial charge in [-0.25, -0.2) is 0 Å². The van der Waals surface area contributed by atoms with Crippen LogP contribution in [0.1, 0.15) is 27.3 Å². The minimum Gasteiger partial charge on any atom is -0.388 e. The maximum absolute atomic E-state index is 12.5. The standard InChI is InChI=1S/C17H21N3O/c1-12-10-14(8-9-16(12)18-3)17(21)20(4)11-15-7-5-6-13(2)19-15/h5-10,18H,11H2,1-4H3. The van der Waals surface area contributed by atoms with Crippen LogP contribution < -0.4 is 5.32 Å². The number of carbonyl (C=O) groups is 1. The van der Waals surface area contributed by atoms with Gasteiger partial charge < -0.3 is 10.2 Å². The smallest absolute Gasteiger partial charge is 0.253 e. The molecule has 1 aromatic carbocycles. The Kier molecular flexibility index (Phi) is 4.58. The van der Waals surface area contributed by atoms with E-state index in [-0.39, 0.29) is 5.91 Å². The lowest BCUT2D eigenvalue weighted by Gasteiger charge is -2.18. The molecule has 0 saturated heterocycles. The third-order valence-corrected chi connectivity index (χ3v) is 3.43. The van der Waals surface area contributed by atoms with E-state index >= 15 is 0 Å². The highest BCUT2D eigenvalue weighted by Crippen LogP contribution is 2.17. The van der Waals surface area contributed by atoms with Gasteiger partial charge in [0.05, 0.1) is 12.2 Å². The molecule has 0 aliphatic carbocycles. The van der Waals surface area contributed by atoms with E-state index in [2.05, 4.69) is 10.3 Å².